The summed E-state index contributed by atoms with van der Waals surface area (Å²) < 4.78 is 27.7. The first-order chi connectivity index (χ1) is 9.29. The molecule has 0 fully saturated rings. The number of benzene rings is 2. The molecule has 0 spiro atoms. The lowest BCUT2D eigenvalue weighted by atomic mass is 10.2. The van der Waals surface area contributed by atoms with Crippen LogP contribution in [-0.4, -0.2) is 13.5 Å². The Kier molecular flexibility index (Phi) is 4.27. The standard InChI is InChI=1S/C13H11BrClNO3S/c1-8-6-10(17)3-4-12(8)16-20(18,19)13-5-2-9(14)7-11(13)15/h2-7,16-17H,1H3. The van der Waals surface area contributed by atoms with Crippen molar-refractivity contribution < 1.29 is 13.5 Å². The third kappa shape index (κ3) is 3.26. The second-order valence-corrected chi connectivity index (χ2v) is 7.15. The number of hydrogen-bond donors (Lipinski definition) is 2. The van der Waals surface area contributed by atoms with E-state index in [1.54, 1.807) is 13.0 Å². The number of anilines is 1. The molecule has 2 N–H and O–H groups in total. The molecule has 0 atom stereocenters. The van der Waals surface area contributed by atoms with Crippen molar-refractivity contribution >= 4 is 43.2 Å². The van der Waals surface area contributed by atoms with Gasteiger partial charge in [-0.25, -0.2) is 8.42 Å². The summed E-state index contributed by atoms with van der Waals surface area (Å²) in [5, 5.41) is 9.45. The van der Waals surface area contributed by atoms with Gasteiger partial charge in [0.1, 0.15) is 10.6 Å². The number of aromatic hydroxyl groups is 1. The highest BCUT2D eigenvalue weighted by Gasteiger charge is 2.19. The Morgan fingerprint density at radius 3 is 2.50 bits per heavy atom. The van der Waals surface area contributed by atoms with Crippen molar-refractivity contribution in [3.63, 3.8) is 0 Å². The second kappa shape index (κ2) is 5.63. The van der Waals surface area contributed by atoms with E-state index in [4.69, 9.17) is 11.6 Å². The van der Waals surface area contributed by atoms with E-state index in [9.17, 15) is 13.5 Å². The van der Waals surface area contributed by atoms with Gasteiger partial charge in [-0.2, -0.15) is 0 Å². The van der Waals surface area contributed by atoms with E-state index in [-0.39, 0.29) is 15.7 Å². The molecule has 0 saturated carbocycles. The number of hydrogen-bond acceptors (Lipinski definition) is 3. The van der Waals surface area contributed by atoms with Crippen LogP contribution in [0.5, 0.6) is 5.75 Å². The highest BCUT2D eigenvalue weighted by Crippen LogP contribution is 2.28. The van der Waals surface area contributed by atoms with Crippen molar-refractivity contribution in [3.8, 4) is 5.75 Å². The zero-order chi connectivity index (χ0) is 14.9. The summed E-state index contributed by atoms with van der Waals surface area (Å²) in [5.41, 5.74) is 1.00. The van der Waals surface area contributed by atoms with Gasteiger partial charge in [0.15, 0.2) is 0 Å². The Morgan fingerprint density at radius 2 is 1.90 bits per heavy atom. The Labute approximate surface area is 130 Å². The number of phenolic OH excluding ortho intramolecular Hbond substituents is 1. The van der Waals surface area contributed by atoms with Crippen LogP contribution >= 0.6 is 27.5 Å². The van der Waals surface area contributed by atoms with Crippen LogP contribution in [0.25, 0.3) is 0 Å². The molecule has 0 aliphatic heterocycles. The lowest BCUT2D eigenvalue weighted by Crippen LogP contribution is -2.14. The molecule has 0 saturated heterocycles. The van der Waals surface area contributed by atoms with Crippen LogP contribution in [0.1, 0.15) is 5.56 Å². The van der Waals surface area contributed by atoms with Crippen molar-refractivity contribution in [3.05, 3.63) is 51.5 Å². The average Bonchev–Trinajstić information content (AvgIpc) is 2.32. The van der Waals surface area contributed by atoms with Crippen LogP contribution in [0, 0.1) is 6.92 Å². The summed E-state index contributed by atoms with van der Waals surface area (Å²) in [4.78, 5) is -0.00478. The summed E-state index contributed by atoms with van der Waals surface area (Å²) in [6.07, 6.45) is 0. The predicted molar refractivity (Wildman–Crippen MR) is 82.8 cm³/mol. The van der Waals surface area contributed by atoms with Gasteiger partial charge < -0.3 is 5.11 Å². The quantitative estimate of drug-likeness (QED) is 0.798. The predicted octanol–water partition coefficient (Wildman–Crippen LogP) is 3.92. The molecule has 2 aromatic rings. The van der Waals surface area contributed by atoms with Gasteiger partial charge in [0.25, 0.3) is 10.0 Å². The van der Waals surface area contributed by atoms with E-state index in [0.29, 0.717) is 15.7 Å². The molecule has 4 nitrogen and oxygen atoms in total. The van der Waals surface area contributed by atoms with E-state index in [0.717, 1.165) is 0 Å². The minimum absolute atomic E-state index is 0.00478. The number of phenols is 1. The largest absolute Gasteiger partial charge is 0.508 e. The van der Waals surface area contributed by atoms with Crippen LogP contribution < -0.4 is 4.72 Å². The minimum Gasteiger partial charge on any atom is -0.508 e. The maximum absolute atomic E-state index is 12.3. The first kappa shape index (κ1) is 15.2. The first-order valence-corrected chi connectivity index (χ1v) is 8.22. The van der Waals surface area contributed by atoms with Crippen LogP contribution in [0.2, 0.25) is 5.02 Å². The molecule has 20 heavy (non-hydrogen) atoms. The van der Waals surface area contributed by atoms with Crippen LogP contribution in [0.15, 0.2) is 45.8 Å². The minimum atomic E-state index is -3.78. The van der Waals surface area contributed by atoms with Crippen LogP contribution in [0.4, 0.5) is 5.69 Å². The Balaban J connectivity index is 2.41. The molecule has 106 valence electrons. The fourth-order valence-electron chi connectivity index (χ4n) is 1.66. The number of halogens is 2. The third-order valence-corrected chi connectivity index (χ3v) is 4.98. The third-order valence-electron chi connectivity index (χ3n) is 2.64. The highest BCUT2D eigenvalue weighted by molar-refractivity contribution is 9.10. The van der Waals surface area contributed by atoms with Gasteiger partial charge in [-0.15, -0.1) is 0 Å². The van der Waals surface area contributed by atoms with E-state index < -0.39 is 10.0 Å². The van der Waals surface area contributed by atoms with Gasteiger partial charge in [-0.05, 0) is 48.9 Å². The summed E-state index contributed by atoms with van der Waals surface area (Å²) >= 11 is 9.18. The zero-order valence-electron chi connectivity index (χ0n) is 10.4. The maximum Gasteiger partial charge on any atom is 0.263 e. The molecule has 2 aromatic carbocycles. The molecule has 0 radical (unpaired) electrons. The van der Waals surface area contributed by atoms with Crippen LogP contribution in [-0.2, 0) is 10.0 Å². The van der Waals surface area contributed by atoms with Crippen molar-refractivity contribution in [2.75, 3.05) is 4.72 Å². The van der Waals surface area contributed by atoms with Gasteiger partial charge >= 0.3 is 0 Å². The fourth-order valence-corrected chi connectivity index (χ4v) is 3.82. The molecule has 0 aromatic heterocycles. The summed E-state index contributed by atoms with van der Waals surface area (Å²) in [6.45, 7) is 1.70. The smallest absolute Gasteiger partial charge is 0.263 e. The first-order valence-electron chi connectivity index (χ1n) is 5.57. The monoisotopic (exact) mass is 375 g/mol. The molecule has 7 heteroatoms. The number of rotatable bonds is 3. The van der Waals surface area contributed by atoms with Crippen LogP contribution in [0.3, 0.4) is 0 Å². The van der Waals surface area contributed by atoms with Crippen molar-refractivity contribution in [1.29, 1.82) is 0 Å². The molecule has 2 rings (SSSR count). The van der Waals surface area contributed by atoms with Gasteiger partial charge in [0.2, 0.25) is 0 Å². The molecule has 0 unspecified atom stereocenters. The van der Waals surface area contributed by atoms with Gasteiger partial charge in [-0.1, -0.05) is 27.5 Å². The van der Waals surface area contributed by atoms with E-state index in [2.05, 4.69) is 20.7 Å². The molecule has 0 bridgehead atoms. The Morgan fingerprint density at radius 1 is 1.20 bits per heavy atom. The molecule has 0 aliphatic rings. The average molecular weight is 377 g/mol. The van der Waals surface area contributed by atoms with E-state index in [1.165, 1.54) is 30.3 Å². The van der Waals surface area contributed by atoms with E-state index in [1.807, 2.05) is 0 Å². The summed E-state index contributed by atoms with van der Waals surface area (Å²) in [7, 11) is -3.78. The zero-order valence-corrected chi connectivity index (χ0v) is 13.6. The second-order valence-electron chi connectivity index (χ2n) is 4.18. The lowest BCUT2D eigenvalue weighted by Gasteiger charge is -2.12. The normalized spacial score (nSPS) is 11.3. The number of nitrogens with one attached hydrogen (secondary N) is 1. The molecule has 0 amide bonds. The summed E-state index contributed by atoms with van der Waals surface area (Å²) in [6, 6.07) is 8.92. The van der Waals surface area contributed by atoms with Gasteiger partial charge in [0.05, 0.1) is 10.7 Å². The Bertz CT molecular complexity index is 762. The maximum atomic E-state index is 12.3. The fraction of sp³-hybridized carbons (Fsp3) is 0.0769. The number of sulfonamides is 1. The topological polar surface area (TPSA) is 66.4 Å². The summed E-state index contributed by atoms with van der Waals surface area (Å²) in [5.74, 6) is 0.0760. The SMILES string of the molecule is Cc1cc(O)ccc1NS(=O)(=O)c1ccc(Br)cc1Cl. The van der Waals surface area contributed by atoms with Gasteiger partial charge in [0, 0.05) is 4.47 Å². The number of aryl methyl sites for hydroxylation is 1. The molecule has 0 aliphatic carbocycles. The van der Waals surface area contributed by atoms with Crippen molar-refractivity contribution in [1.82, 2.24) is 0 Å². The lowest BCUT2D eigenvalue weighted by molar-refractivity contribution is 0.475. The van der Waals surface area contributed by atoms with E-state index >= 15 is 0 Å². The molecule has 0 heterocycles. The highest BCUT2D eigenvalue weighted by atomic mass is 79.9. The van der Waals surface area contributed by atoms with Crippen molar-refractivity contribution in [2.45, 2.75) is 11.8 Å². The molecular weight excluding hydrogens is 366 g/mol. The van der Waals surface area contributed by atoms with Crippen molar-refractivity contribution in [2.24, 2.45) is 0 Å². The van der Waals surface area contributed by atoms with Gasteiger partial charge in [-0.3, -0.25) is 4.72 Å². The molecular formula is C13H11BrClNO3S. The Hall–Kier alpha value is -1.24.